The second-order valence-corrected chi connectivity index (χ2v) is 9.26. The number of aryl methyl sites for hydroxylation is 1. The van der Waals surface area contributed by atoms with Crippen molar-refractivity contribution in [2.45, 2.75) is 23.8 Å². The molecular formula is C28H25N5O3S. The molecule has 0 unspecified atom stereocenters. The van der Waals surface area contributed by atoms with Crippen molar-refractivity contribution in [3.63, 3.8) is 0 Å². The molecule has 0 saturated heterocycles. The maximum Gasteiger partial charge on any atom is 0.263 e. The van der Waals surface area contributed by atoms with Gasteiger partial charge in [-0.15, -0.1) is 5.10 Å². The van der Waals surface area contributed by atoms with E-state index < -0.39 is 0 Å². The van der Waals surface area contributed by atoms with Gasteiger partial charge in [-0.2, -0.15) is 9.50 Å². The van der Waals surface area contributed by atoms with Crippen LogP contribution in [0.15, 0.2) is 82.7 Å². The normalized spacial score (nSPS) is 10.9. The molecule has 9 heteroatoms. The molecule has 0 aliphatic carbocycles. The summed E-state index contributed by atoms with van der Waals surface area (Å²) in [4.78, 5) is 23.5. The third-order valence-corrected chi connectivity index (χ3v) is 7.19. The van der Waals surface area contributed by atoms with E-state index >= 15 is 0 Å². The molecule has 0 bridgehead atoms. The van der Waals surface area contributed by atoms with Crippen LogP contribution in [-0.2, 0) is 0 Å². The molecule has 1 amide bonds. The number of hydrogen-bond acceptors (Lipinski definition) is 7. The summed E-state index contributed by atoms with van der Waals surface area (Å²) in [6.07, 6.45) is 0. The first kappa shape index (κ1) is 24.3. The zero-order chi connectivity index (χ0) is 25.9. The summed E-state index contributed by atoms with van der Waals surface area (Å²) >= 11 is 1.49. The van der Waals surface area contributed by atoms with Crippen LogP contribution >= 0.6 is 11.8 Å². The maximum atomic E-state index is 13.4. The molecule has 3 aromatic carbocycles. The number of hydrogen-bond donors (Lipinski definition) is 1. The van der Waals surface area contributed by atoms with Gasteiger partial charge in [0, 0.05) is 21.7 Å². The second kappa shape index (κ2) is 10.3. The molecule has 8 nitrogen and oxygen atoms in total. The molecule has 0 aliphatic heterocycles. The van der Waals surface area contributed by atoms with E-state index in [0.29, 0.717) is 34.4 Å². The van der Waals surface area contributed by atoms with Crippen molar-refractivity contribution in [2.24, 2.45) is 0 Å². The van der Waals surface area contributed by atoms with E-state index in [2.05, 4.69) is 15.3 Å². The van der Waals surface area contributed by atoms with E-state index in [9.17, 15) is 4.79 Å². The van der Waals surface area contributed by atoms with E-state index in [4.69, 9.17) is 14.6 Å². The van der Waals surface area contributed by atoms with E-state index in [0.717, 1.165) is 26.7 Å². The summed E-state index contributed by atoms with van der Waals surface area (Å²) in [6.45, 7) is 3.97. The fraction of sp³-hybridized carbons (Fsp3) is 0.143. The number of anilines is 1. The van der Waals surface area contributed by atoms with Crippen LogP contribution in [0.3, 0.4) is 0 Å². The number of amides is 1. The lowest BCUT2D eigenvalue weighted by Gasteiger charge is -2.15. The first-order chi connectivity index (χ1) is 18.0. The van der Waals surface area contributed by atoms with E-state index in [1.807, 2.05) is 68.4 Å². The molecule has 5 rings (SSSR count). The number of aromatic nitrogens is 4. The number of rotatable bonds is 7. The van der Waals surface area contributed by atoms with Gasteiger partial charge in [-0.3, -0.25) is 4.79 Å². The monoisotopic (exact) mass is 511 g/mol. The Bertz CT molecular complexity index is 1580. The minimum absolute atomic E-state index is 0.328. The maximum absolute atomic E-state index is 13.4. The number of carbonyl (C=O) groups is 1. The average molecular weight is 512 g/mol. The Labute approximate surface area is 218 Å². The van der Waals surface area contributed by atoms with Crippen molar-refractivity contribution >= 4 is 29.1 Å². The number of para-hydroxylation sites is 1. The van der Waals surface area contributed by atoms with Gasteiger partial charge >= 0.3 is 0 Å². The first-order valence-corrected chi connectivity index (χ1v) is 12.4. The zero-order valence-corrected chi connectivity index (χ0v) is 21.7. The van der Waals surface area contributed by atoms with Crippen LogP contribution in [0.5, 0.6) is 11.5 Å². The van der Waals surface area contributed by atoms with Gasteiger partial charge in [0.2, 0.25) is 0 Å². The second-order valence-electron chi connectivity index (χ2n) is 8.23. The first-order valence-electron chi connectivity index (χ1n) is 11.6. The van der Waals surface area contributed by atoms with Gasteiger partial charge in [-0.25, -0.2) is 4.98 Å². The quantitative estimate of drug-likeness (QED) is 0.275. The molecule has 2 aromatic heterocycles. The Kier molecular flexibility index (Phi) is 6.78. The number of nitrogens with one attached hydrogen (secondary N) is 1. The van der Waals surface area contributed by atoms with Gasteiger partial charge in [0.15, 0.2) is 5.82 Å². The van der Waals surface area contributed by atoms with Crippen molar-refractivity contribution < 1.29 is 14.3 Å². The summed E-state index contributed by atoms with van der Waals surface area (Å²) in [5.74, 6) is 1.65. The number of carbonyl (C=O) groups excluding carboxylic acids is 1. The summed E-state index contributed by atoms with van der Waals surface area (Å²) in [6, 6.07) is 22.7. The van der Waals surface area contributed by atoms with Crippen LogP contribution in [0.2, 0.25) is 0 Å². The highest BCUT2D eigenvalue weighted by atomic mass is 32.2. The predicted molar refractivity (Wildman–Crippen MR) is 144 cm³/mol. The van der Waals surface area contributed by atoms with Gasteiger partial charge in [0.05, 0.1) is 19.9 Å². The average Bonchev–Trinajstić information content (AvgIpc) is 3.35. The molecule has 0 radical (unpaired) electrons. The van der Waals surface area contributed by atoms with Crippen molar-refractivity contribution in [2.75, 3.05) is 19.5 Å². The summed E-state index contributed by atoms with van der Waals surface area (Å²) < 4.78 is 12.6. The lowest BCUT2D eigenvalue weighted by molar-refractivity contribution is 0.102. The third kappa shape index (κ3) is 4.73. The number of methoxy groups -OCH3 is 2. The molecule has 0 spiro atoms. The molecule has 0 fully saturated rings. The summed E-state index contributed by atoms with van der Waals surface area (Å²) in [5, 5.41) is 8.66. The number of ether oxygens (including phenoxy) is 2. The minimum Gasteiger partial charge on any atom is -0.496 e. The van der Waals surface area contributed by atoms with Gasteiger partial charge in [0.1, 0.15) is 22.1 Å². The highest BCUT2D eigenvalue weighted by Crippen LogP contribution is 2.37. The molecule has 0 atom stereocenters. The molecule has 0 aliphatic rings. The summed E-state index contributed by atoms with van der Waals surface area (Å²) in [7, 11) is 3.05. The predicted octanol–water partition coefficient (Wildman–Crippen LogP) is 5.83. The zero-order valence-electron chi connectivity index (χ0n) is 20.9. The number of fused-ring (bicyclic) bond motifs is 1. The van der Waals surface area contributed by atoms with Crippen molar-refractivity contribution in [1.29, 1.82) is 0 Å². The van der Waals surface area contributed by atoms with Crippen LogP contribution in [0.1, 0.15) is 21.6 Å². The lowest BCUT2D eigenvalue weighted by atomic mass is 10.1. The topological polar surface area (TPSA) is 90.6 Å². The van der Waals surface area contributed by atoms with Crippen LogP contribution in [0.25, 0.3) is 17.2 Å². The van der Waals surface area contributed by atoms with Gasteiger partial charge in [-0.1, -0.05) is 60.3 Å². The fourth-order valence-electron chi connectivity index (χ4n) is 3.91. The third-order valence-electron chi connectivity index (χ3n) is 5.94. The Morgan fingerprint density at radius 3 is 2.24 bits per heavy atom. The Hall–Kier alpha value is -4.37. The van der Waals surface area contributed by atoms with Crippen molar-refractivity contribution in [1.82, 2.24) is 19.6 Å². The number of benzene rings is 3. The molecule has 0 saturated carbocycles. The van der Waals surface area contributed by atoms with Crippen LogP contribution in [-0.4, -0.2) is 39.7 Å². The Morgan fingerprint density at radius 2 is 1.54 bits per heavy atom. The molecule has 2 heterocycles. The Balaban J connectivity index is 1.53. The van der Waals surface area contributed by atoms with Gasteiger partial charge in [-0.05, 0) is 38.1 Å². The van der Waals surface area contributed by atoms with Crippen molar-refractivity contribution in [3.05, 3.63) is 89.6 Å². The lowest BCUT2D eigenvalue weighted by Crippen LogP contribution is -2.15. The molecule has 37 heavy (non-hydrogen) atoms. The van der Waals surface area contributed by atoms with Crippen LogP contribution < -0.4 is 14.8 Å². The SMILES string of the molecule is COc1cccc(OC)c1C(=O)Nc1ccccc1Sc1c(C)c(C)nc2nc(-c3ccccc3)nn12. The largest absolute Gasteiger partial charge is 0.496 e. The van der Waals surface area contributed by atoms with Crippen LogP contribution in [0.4, 0.5) is 5.69 Å². The van der Waals surface area contributed by atoms with E-state index in [1.165, 1.54) is 26.0 Å². The minimum atomic E-state index is -0.331. The smallest absolute Gasteiger partial charge is 0.263 e. The van der Waals surface area contributed by atoms with E-state index in [1.54, 1.807) is 22.7 Å². The Morgan fingerprint density at radius 1 is 0.865 bits per heavy atom. The molecule has 186 valence electrons. The molecular weight excluding hydrogens is 486 g/mol. The van der Waals surface area contributed by atoms with Crippen molar-refractivity contribution in [3.8, 4) is 22.9 Å². The standard InChI is InChI=1S/C28H25N5O3S/c1-17-18(2)29-28-31-25(19-11-6-5-7-12-19)32-33(28)27(17)37-23-16-9-8-13-20(23)30-26(34)24-21(35-3)14-10-15-22(24)36-4/h5-16H,1-4H3,(H,30,34). The van der Waals surface area contributed by atoms with Gasteiger partial charge < -0.3 is 14.8 Å². The van der Waals surface area contributed by atoms with Crippen LogP contribution in [0, 0.1) is 13.8 Å². The highest BCUT2D eigenvalue weighted by Gasteiger charge is 2.21. The summed E-state index contributed by atoms with van der Waals surface area (Å²) in [5.41, 5.74) is 3.74. The molecule has 5 aromatic rings. The molecule has 1 N–H and O–H groups in total. The van der Waals surface area contributed by atoms with E-state index in [-0.39, 0.29) is 5.91 Å². The highest BCUT2D eigenvalue weighted by molar-refractivity contribution is 7.99. The number of nitrogens with zero attached hydrogens (tertiary/aromatic N) is 4. The van der Waals surface area contributed by atoms with Gasteiger partial charge in [0.25, 0.3) is 11.7 Å². The fourth-order valence-corrected chi connectivity index (χ4v) is 5.01.